The van der Waals surface area contributed by atoms with Crippen LogP contribution in [0, 0.1) is 22.0 Å². The number of amides is 3. The van der Waals surface area contributed by atoms with Crippen LogP contribution in [-0.4, -0.2) is 54.6 Å². The minimum atomic E-state index is -0.838. The van der Waals surface area contributed by atoms with E-state index in [0.29, 0.717) is 17.9 Å². The van der Waals surface area contributed by atoms with E-state index in [-0.39, 0.29) is 31.5 Å². The molecule has 1 heterocycles. The zero-order chi connectivity index (χ0) is 26.3. The molecule has 36 heavy (non-hydrogen) atoms. The molecule has 0 unspecified atom stereocenters. The maximum atomic E-state index is 13.5. The lowest BCUT2D eigenvalue weighted by molar-refractivity contribution is -0.384. The maximum absolute atomic E-state index is 13.5. The summed E-state index contributed by atoms with van der Waals surface area (Å²) < 4.78 is 0. The van der Waals surface area contributed by atoms with Gasteiger partial charge in [-0.2, -0.15) is 5.01 Å². The molecule has 4 rings (SSSR count). The van der Waals surface area contributed by atoms with E-state index in [9.17, 15) is 29.3 Å². The highest BCUT2D eigenvalue weighted by Gasteiger charge is 2.54. The molecule has 0 spiro atoms. The van der Waals surface area contributed by atoms with Crippen molar-refractivity contribution in [2.75, 3.05) is 6.54 Å². The van der Waals surface area contributed by atoms with Crippen molar-refractivity contribution in [1.82, 2.24) is 10.0 Å². The summed E-state index contributed by atoms with van der Waals surface area (Å²) in [6, 6.07) is 8.87. The number of fused-ring (bicyclic) bond motifs is 1. The van der Waals surface area contributed by atoms with Gasteiger partial charge in [-0.25, -0.2) is 5.01 Å². The molecule has 13 heteroatoms. The highest BCUT2D eigenvalue weighted by Crippen LogP contribution is 2.43. The number of rotatable bonds is 6. The number of alkyl halides is 2. The average Bonchev–Trinajstić information content (AvgIpc) is 3.06. The van der Waals surface area contributed by atoms with Gasteiger partial charge in [-0.1, -0.05) is 55.1 Å². The van der Waals surface area contributed by atoms with Crippen LogP contribution in [0.2, 0.25) is 10.0 Å². The van der Waals surface area contributed by atoms with E-state index in [4.69, 9.17) is 23.2 Å². The number of non-ortho nitro benzene ring substituents is 1. The number of nitro benzene ring substituents is 1. The number of hydrogen-bond acceptors (Lipinski definition) is 6. The van der Waals surface area contributed by atoms with Gasteiger partial charge in [0.25, 0.3) is 23.4 Å². The number of nitro groups is 1. The van der Waals surface area contributed by atoms with Crippen molar-refractivity contribution in [2.45, 2.75) is 22.5 Å². The molecule has 1 saturated heterocycles. The third kappa shape index (κ3) is 5.06. The number of carbonyl (C=O) groups is 4. The Morgan fingerprint density at radius 2 is 1.56 bits per heavy atom. The highest BCUT2D eigenvalue weighted by molar-refractivity contribution is 9.12. The molecule has 2 aliphatic rings. The second-order valence-corrected chi connectivity index (χ2v) is 11.6. The van der Waals surface area contributed by atoms with Crippen molar-refractivity contribution in [1.29, 1.82) is 0 Å². The van der Waals surface area contributed by atoms with E-state index in [2.05, 4.69) is 31.9 Å². The molecule has 0 bridgehead atoms. The second kappa shape index (κ2) is 10.6. The first-order valence-electron chi connectivity index (χ1n) is 10.7. The molecule has 188 valence electrons. The summed E-state index contributed by atoms with van der Waals surface area (Å²) >= 11 is 19.1. The van der Waals surface area contributed by atoms with Crippen molar-refractivity contribution >= 4 is 84.3 Å². The maximum Gasteiger partial charge on any atom is 0.273 e. The molecular formula is C23H17Br2Cl2N3O6. The Kier molecular flexibility index (Phi) is 7.84. The Morgan fingerprint density at radius 3 is 2.06 bits per heavy atom. The topological polar surface area (TPSA) is 118 Å². The van der Waals surface area contributed by atoms with Gasteiger partial charge < -0.3 is 0 Å². The summed E-state index contributed by atoms with van der Waals surface area (Å²) in [5.74, 6) is -3.94. The first kappa shape index (κ1) is 26.7. The van der Waals surface area contributed by atoms with Gasteiger partial charge in [0.2, 0.25) is 0 Å². The zero-order valence-corrected chi connectivity index (χ0v) is 23.0. The number of halogens is 4. The third-order valence-corrected chi connectivity index (χ3v) is 9.50. The van der Waals surface area contributed by atoms with Crippen LogP contribution >= 0.6 is 55.1 Å². The van der Waals surface area contributed by atoms with E-state index in [0.717, 1.165) is 22.2 Å². The summed E-state index contributed by atoms with van der Waals surface area (Å²) in [7, 11) is 0. The largest absolute Gasteiger partial charge is 0.292 e. The third-order valence-electron chi connectivity index (χ3n) is 6.21. The molecule has 9 nitrogen and oxygen atoms in total. The first-order chi connectivity index (χ1) is 17.0. The molecule has 2 aromatic carbocycles. The quantitative estimate of drug-likeness (QED) is 0.140. The molecule has 0 radical (unpaired) electrons. The van der Waals surface area contributed by atoms with Crippen LogP contribution in [0.15, 0.2) is 42.5 Å². The molecule has 4 atom stereocenters. The van der Waals surface area contributed by atoms with Gasteiger partial charge in [0.15, 0.2) is 5.78 Å². The van der Waals surface area contributed by atoms with Gasteiger partial charge in [-0.15, -0.1) is 0 Å². The fourth-order valence-electron chi connectivity index (χ4n) is 4.36. The fourth-order valence-corrected chi connectivity index (χ4v) is 6.11. The van der Waals surface area contributed by atoms with E-state index in [1.54, 1.807) is 0 Å². The lowest BCUT2D eigenvalue weighted by Gasteiger charge is -2.30. The van der Waals surface area contributed by atoms with Gasteiger partial charge >= 0.3 is 0 Å². The summed E-state index contributed by atoms with van der Waals surface area (Å²) in [5.41, 5.74) is -0.226. The predicted molar refractivity (Wildman–Crippen MR) is 138 cm³/mol. The minimum Gasteiger partial charge on any atom is -0.292 e. The van der Waals surface area contributed by atoms with Crippen molar-refractivity contribution in [2.24, 2.45) is 11.8 Å². The average molecular weight is 662 g/mol. The van der Waals surface area contributed by atoms with Crippen LogP contribution in [0.3, 0.4) is 0 Å². The Labute approximate surface area is 232 Å². The van der Waals surface area contributed by atoms with E-state index < -0.39 is 46.8 Å². The van der Waals surface area contributed by atoms with Crippen LogP contribution in [0.1, 0.15) is 33.6 Å². The summed E-state index contributed by atoms with van der Waals surface area (Å²) in [5, 5.41) is 12.9. The SMILES string of the molecule is O=C(CN(C(=O)c1ccc([N+](=O)[O-])cc1)N1C(=O)[C@H]2C[C@@H](Br)[C@@H](Br)C[C@H]2C1=O)c1ccc(Cl)cc1Cl. The first-order valence-corrected chi connectivity index (χ1v) is 13.3. The minimum absolute atomic E-state index is 0.0391. The number of benzene rings is 2. The molecule has 1 aliphatic carbocycles. The fraction of sp³-hybridized carbons (Fsp3) is 0.304. The van der Waals surface area contributed by atoms with Gasteiger partial charge in [0.1, 0.15) is 6.54 Å². The molecule has 3 amide bonds. The summed E-state index contributed by atoms with van der Waals surface area (Å²) in [6.45, 7) is -0.663. The van der Waals surface area contributed by atoms with Crippen molar-refractivity contribution in [3.63, 3.8) is 0 Å². The normalized spacial score (nSPS) is 23.4. The number of Topliss-reactive ketones (excluding diaryl/α,β-unsaturated/α-hetero) is 1. The van der Waals surface area contributed by atoms with Crippen molar-refractivity contribution in [3.05, 3.63) is 73.8 Å². The zero-order valence-electron chi connectivity index (χ0n) is 18.3. The Morgan fingerprint density at radius 1 is 1.00 bits per heavy atom. The van der Waals surface area contributed by atoms with Crippen LogP contribution in [0.5, 0.6) is 0 Å². The van der Waals surface area contributed by atoms with Crippen LogP contribution in [0.4, 0.5) is 5.69 Å². The predicted octanol–water partition coefficient (Wildman–Crippen LogP) is 5.06. The van der Waals surface area contributed by atoms with E-state index >= 15 is 0 Å². The monoisotopic (exact) mass is 659 g/mol. The van der Waals surface area contributed by atoms with Gasteiger partial charge in [0, 0.05) is 37.9 Å². The van der Waals surface area contributed by atoms with Crippen LogP contribution in [-0.2, 0) is 9.59 Å². The van der Waals surface area contributed by atoms with Gasteiger partial charge in [0.05, 0.1) is 21.8 Å². The number of hydrogen-bond donors (Lipinski definition) is 0. The number of imide groups is 1. The number of nitrogens with zero attached hydrogens (tertiary/aromatic N) is 3. The smallest absolute Gasteiger partial charge is 0.273 e. The Hall–Kier alpha value is -2.34. The Balaban J connectivity index is 1.71. The second-order valence-electron chi connectivity index (χ2n) is 8.42. The van der Waals surface area contributed by atoms with Crippen LogP contribution < -0.4 is 0 Å². The number of carbonyl (C=O) groups excluding carboxylic acids is 4. The molecule has 1 aliphatic heterocycles. The molecule has 2 aromatic rings. The molecule has 1 saturated carbocycles. The summed E-state index contributed by atoms with van der Waals surface area (Å²) in [6.07, 6.45) is 0.746. The van der Waals surface area contributed by atoms with Gasteiger partial charge in [-0.05, 0) is 43.2 Å². The Bertz CT molecular complexity index is 1250. The molecule has 0 aromatic heterocycles. The van der Waals surface area contributed by atoms with Gasteiger partial charge in [-0.3, -0.25) is 29.3 Å². The lowest BCUT2D eigenvalue weighted by atomic mass is 9.81. The summed E-state index contributed by atoms with van der Waals surface area (Å²) in [4.78, 5) is 63.8. The standard InChI is InChI=1S/C23H17Br2Cl2N3O6/c24-17-8-15-16(9-18(17)25)23(34)29(22(15)33)28(10-20(31)14-6-3-12(26)7-19(14)27)21(32)11-1-4-13(5-2-11)30(35)36/h1-7,15-18H,8-10H2/t15-,16+,17+,18-. The molecular weight excluding hydrogens is 645 g/mol. The van der Waals surface area contributed by atoms with E-state index in [1.807, 2.05) is 0 Å². The van der Waals surface area contributed by atoms with Crippen LogP contribution in [0.25, 0.3) is 0 Å². The van der Waals surface area contributed by atoms with Crippen molar-refractivity contribution < 1.29 is 24.1 Å². The number of hydrazine groups is 1. The molecule has 2 fully saturated rings. The van der Waals surface area contributed by atoms with Crippen molar-refractivity contribution in [3.8, 4) is 0 Å². The highest BCUT2D eigenvalue weighted by atomic mass is 79.9. The lowest BCUT2D eigenvalue weighted by Crippen LogP contribution is -2.52. The van der Waals surface area contributed by atoms with E-state index in [1.165, 1.54) is 30.3 Å². The number of ketones is 1. The molecule has 0 N–H and O–H groups in total.